The van der Waals surface area contributed by atoms with E-state index in [4.69, 9.17) is 17.0 Å². The smallest absolute Gasteiger partial charge is 0.171 e. The summed E-state index contributed by atoms with van der Waals surface area (Å²) in [4.78, 5) is 0. The summed E-state index contributed by atoms with van der Waals surface area (Å²) in [6.45, 7) is 4.70. The summed E-state index contributed by atoms with van der Waals surface area (Å²) in [6.07, 6.45) is 0. The van der Waals surface area contributed by atoms with Crippen molar-refractivity contribution < 1.29 is 4.74 Å². The lowest BCUT2D eigenvalue weighted by Gasteiger charge is -2.12. The van der Waals surface area contributed by atoms with Gasteiger partial charge in [0.1, 0.15) is 5.75 Å². The van der Waals surface area contributed by atoms with Gasteiger partial charge in [-0.05, 0) is 50.3 Å². The summed E-state index contributed by atoms with van der Waals surface area (Å²) in [5.41, 5.74) is 5.17. The van der Waals surface area contributed by atoms with E-state index in [0.717, 1.165) is 34.1 Å². The highest BCUT2D eigenvalue weighted by atomic mass is 32.1. The minimum absolute atomic E-state index is 0.560. The van der Waals surface area contributed by atoms with Crippen LogP contribution in [0.2, 0.25) is 0 Å². The van der Waals surface area contributed by atoms with E-state index in [1.54, 1.807) is 7.11 Å². The number of nitrogens with zero attached hydrogens (tertiary/aromatic N) is 2. The second-order valence-electron chi connectivity index (χ2n) is 5.94. The molecule has 2 aromatic carbocycles. The Morgan fingerprint density at radius 1 is 1.12 bits per heavy atom. The third kappa shape index (κ3) is 4.03. The summed E-state index contributed by atoms with van der Waals surface area (Å²) in [5.74, 6) is 0.786. The molecule has 6 heteroatoms. The van der Waals surface area contributed by atoms with Crippen LogP contribution in [-0.2, 0) is 6.54 Å². The number of benzene rings is 2. The number of anilines is 1. The van der Waals surface area contributed by atoms with E-state index in [1.807, 2.05) is 66.2 Å². The largest absolute Gasteiger partial charge is 0.497 e. The van der Waals surface area contributed by atoms with Crippen LogP contribution in [0.3, 0.4) is 0 Å². The molecule has 0 bridgehead atoms. The topological polar surface area (TPSA) is 51.1 Å². The molecule has 3 aromatic rings. The molecule has 0 aliphatic carbocycles. The van der Waals surface area contributed by atoms with Crippen molar-refractivity contribution >= 4 is 23.0 Å². The van der Waals surface area contributed by atoms with Gasteiger partial charge in [-0.2, -0.15) is 5.10 Å². The molecule has 0 amide bonds. The van der Waals surface area contributed by atoms with Crippen molar-refractivity contribution in [2.24, 2.45) is 0 Å². The highest BCUT2D eigenvalue weighted by molar-refractivity contribution is 7.80. The summed E-state index contributed by atoms with van der Waals surface area (Å²) in [7, 11) is 1.64. The maximum absolute atomic E-state index is 5.41. The molecular weight excluding hydrogens is 344 g/mol. The molecule has 26 heavy (non-hydrogen) atoms. The van der Waals surface area contributed by atoms with E-state index in [-0.39, 0.29) is 0 Å². The Hall–Kier alpha value is -2.86. The summed E-state index contributed by atoms with van der Waals surface area (Å²) >= 11 is 5.41. The van der Waals surface area contributed by atoms with E-state index < -0.39 is 0 Å². The van der Waals surface area contributed by atoms with Gasteiger partial charge in [0.25, 0.3) is 0 Å². The number of aromatic nitrogens is 2. The molecule has 0 atom stereocenters. The Balaban J connectivity index is 1.68. The number of para-hydroxylation sites is 1. The minimum Gasteiger partial charge on any atom is -0.497 e. The maximum Gasteiger partial charge on any atom is 0.171 e. The fourth-order valence-corrected chi connectivity index (χ4v) is 2.99. The molecule has 0 aliphatic rings. The quantitative estimate of drug-likeness (QED) is 0.669. The maximum atomic E-state index is 5.41. The molecule has 0 spiro atoms. The lowest BCUT2D eigenvalue weighted by atomic mass is 10.2. The zero-order valence-corrected chi connectivity index (χ0v) is 15.9. The van der Waals surface area contributed by atoms with Crippen LogP contribution >= 0.6 is 12.2 Å². The van der Waals surface area contributed by atoms with Crippen LogP contribution in [0.5, 0.6) is 5.75 Å². The molecule has 0 radical (unpaired) electrons. The van der Waals surface area contributed by atoms with Crippen LogP contribution in [-0.4, -0.2) is 22.0 Å². The molecule has 134 valence electrons. The van der Waals surface area contributed by atoms with Crippen molar-refractivity contribution in [1.82, 2.24) is 15.1 Å². The Morgan fingerprint density at radius 3 is 2.62 bits per heavy atom. The minimum atomic E-state index is 0.560. The van der Waals surface area contributed by atoms with Crippen molar-refractivity contribution in [3.05, 3.63) is 71.5 Å². The van der Waals surface area contributed by atoms with E-state index >= 15 is 0 Å². The molecular formula is C20H22N4OS. The molecule has 1 heterocycles. The number of aryl methyl sites for hydroxylation is 1. The lowest BCUT2D eigenvalue weighted by Crippen LogP contribution is -2.28. The fourth-order valence-electron chi connectivity index (χ4n) is 2.80. The van der Waals surface area contributed by atoms with Crippen LogP contribution in [0.4, 0.5) is 5.69 Å². The van der Waals surface area contributed by atoms with Crippen LogP contribution in [0.1, 0.15) is 17.0 Å². The van der Waals surface area contributed by atoms with Gasteiger partial charge in [0.15, 0.2) is 5.11 Å². The molecule has 1 aromatic heterocycles. The number of hydrogen-bond donors (Lipinski definition) is 2. The SMILES string of the molecule is COc1cccc(NC(=S)NCc2c(C)nn(-c3ccccc3)c2C)c1. The average molecular weight is 366 g/mol. The van der Waals surface area contributed by atoms with Gasteiger partial charge in [0.2, 0.25) is 0 Å². The van der Waals surface area contributed by atoms with Crippen LogP contribution in [0, 0.1) is 13.8 Å². The fraction of sp³-hybridized carbons (Fsp3) is 0.200. The van der Waals surface area contributed by atoms with Gasteiger partial charge in [-0.15, -0.1) is 0 Å². The van der Waals surface area contributed by atoms with Crippen LogP contribution < -0.4 is 15.4 Å². The van der Waals surface area contributed by atoms with E-state index in [9.17, 15) is 0 Å². The third-order valence-electron chi connectivity index (χ3n) is 4.20. The molecule has 2 N–H and O–H groups in total. The first kappa shape index (κ1) is 17.9. The predicted molar refractivity (Wildman–Crippen MR) is 109 cm³/mol. The lowest BCUT2D eigenvalue weighted by molar-refractivity contribution is 0.415. The molecule has 0 saturated carbocycles. The first-order valence-corrected chi connectivity index (χ1v) is 8.78. The Kier molecular flexibility index (Phi) is 5.53. The van der Waals surface area contributed by atoms with Crippen molar-refractivity contribution in [2.75, 3.05) is 12.4 Å². The van der Waals surface area contributed by atoms with Crippen molar-refractivity contribution in [1.29, 1.82) is 0 Å². The number of nitrogens with one attached hydrogen (secondary N) is 2. The Bertz CT molecular complexity index is 905. The van der Waals surface area contributed by atoms with E-state index in [0.29, 0.717) is 11.7 Å². The number of methoxy groups -OCH3 is 1. The van der Waals surface area contributed by atoms with Gasteiger partial charge in [0, 0.05) is 29.6 Å². The molecule has 0 saturated heterocycles. The second-order valence-corrected chi connectivity index (χ2v) is 6.34. The molecule has 0 fully saturated rings. The zero-order chi connectivity index (χ0) is 18.5. The van der Waals surface area contributed by atoms with Gasteiger partial charge in [-0.1, -0.05) is 24.3 Å². The van der Waals surface area contributed by atoms with Crippen molar-refractivity contribution in [2.45, 2.75) is 20.4 Å². The number of hydrogen-bond acceptors (Lipinski definition) is 3. The zero-order valence-electron chi connectivity index (χ0n) is 15.1. The van der Waals surface area contributed by atoms with Gasteiger partial charge in [-0.3, -0.25) is 0 Å². The van der Waals surface area contributed by atoms with Crippen molar-refractivity contribution in [3.63, 3.8) is 0 Å². The van der Waals surface area contributed by atoms with Gasteiger partial charge >= 0.3 is 0 Å². The summed E-state index contributed by atoms with van der Waals surface area (Å²) < 4.78 is 7.19. The average Bonchev–Trinajstić information content (AvgIpc) is 2.95. The van der Waals surface area contributed by atoms with Gasteiger partial charge in [-0.25, -0.2) is 4.68 Å². The number of rotatable bonds is 5. The highest BCUT2D eigenvalue weighted by Gasteiger charge is 2.13. The molecule has 0 unspecified atom stereocenters. The number of thiocarbonyl (C=S) groups is 1. The molecule has 3 rings (SSSR count). The number of ether oxygens (including phenoxy) is 1. The summed E-state index contributed by atoms with van der Waals surface area (Å²) in [5, 5.41) is 11.7. The Morgan fingerprint density at radius 2 is 1.88 bits per heavy atom. The molecule has 5 nitrogen and oxygen atoms in total. The van der Waals surface area contributed by atoms with E-state index in [2.05, 4.69) is 22.7 Å². The monoisotopic (exact) mass is 366 g/mol. The normalized spacial score (nSPS) is 10.4. The summed E-state index contributed by atoms with van der Waals surface area (Å²) in [6, 6.07) is 17.8. The van der Waals surface area contributed by atoms with Gasteiger partial charge in [0.05, 0.1) is 18.5 Å². The van der Waals surface area contributed by atoms with E-state index in [1.165, 1.54) is 0 Å². The van der Waals surface area contributed by atoms with Gasteiger partial charge < -0.3 is 15.4 Å². The predicted octanol–water partition coefficient (Wildman–Crippen LogP) is 3.98. The highest BCUT2D eigenvalue weighted by Crippen LogP contribution is 2.18. The van der Waals surface area contributed by atoms with Crippen LogP contribution in [0.25, 0.3) is 5.69 Å². The first-order valence-electron chi connectivity index (χ1n) is 8.38. The van der Waals surface area contributed by atoms with Crippen LogP contribution in [0.15, 0.2) is 54.6 Å². The van der Waals surface area contributed by atoms with Crippen molar-refractivity contribution in [3.8, 4) is 11.4 Å². The first-order chi connectivity index (χ1) is 12.6. The second kappa shape index (κ2) is 8.01. The standard InChI is InChI=1S/C20H22N4OS/c1-14-19(15(2)24(23-14)17-9-5-4-6-10-17)13-21-20(26)22-16-8-7-11-18(12-16)25-3/h4-12H,13H2,1-3H3,(H2,21,22,26). The Labute approximate surface area is 159 Å². The molecule has 0 aliphatic heterocycles. The third-order valence-corrected chi connectivity index (χ3v) is 4.44.